The number of hydrogen-bond donors (Lipinski definition) is 4. The van der Waals surface area contributed by atoms with E-state index in [2.05, 4.69) is 78.2 Å². The smallest absolute Gasteiger partial charge is 0.222 e. The first-order chi connectivity index (χ1) is 11.9. The fourth-order valence-corrected chi connectivity index (χ4v) is 2.68. The number of hydrogen-bond acceptors (Lipinski definition) is 5. The Bertz CT molecular complexity index is 708. The molecular formula is C18H25BrN4O2. The SMILES string of the molecule is CNc1cccc(C)c1COc1cc(C)c(Br)cc1C.NNNC=O. The average molecular weight is 409 g/mol. The molecule has 5 N–H and O–H groups in total. The Morgan fingerprint density at radius 2 is 1.88 bits per heavy atom. The highest BCUT2D eigenvalue weighted by atomic mass is 79.9. The third-order valence-corrected chi connectivity index (χ3v) is 4.50. The molecule has 0 aliphatic rings. The molecule has 2 rings (SSSR count). The maximum absolute atomic E-state index is 9.15. The van der Waals surface area contributed by atoms with Crippen molar-refractivity contribution >= 4 is 28.0 Å². The molecule has 6 nitrogen and oxygen atoms in total. The van der Waals surface area contributed by atoms with E-state index < -0.39 is 0 Å². The van der Waals surface area contributed by atoms with Gasteiger partial charge in [-0.1, -0.05) is 28.1 Å². The van der Waals surface area contributed by atoms with Gasteiger partial charge in [0.05, 0.1) is 0 Å². The normalized spacial score (nSPS) is 9.68. The minimum absolute atomic E-state index is 0.444. The number of aryl methyl sites for hydroxylation is 3. The molecule has 0 aliphatic carbocycles. The lowest BCUT2D eigenvalue weighted by Gasteiger charge is -2.15. The zero-order valence-corrected chi connectivity index (χ0v) is 16.5. The van der Waals surface area contributed by atoms with E-state index in [-0.39, 0.29) is 0 Å². The van der Waals surface area contributed by atoms with Crippen LogP contribution in [0.4, 0.5) is 5.69 Å². The number of nitrogens with one attached hydrogen (secondary N) is 3. The summed E-state index contributed by atoms with van der Waals surface area (Å²) in [6.45, 7) is 6.82. The van der Waals surface area contributed by atoms with E-state index in [1.807, 2.05) is 18.0 Å². The zero-order chi connectivity index (χ0) is 18.8. The van der Waals surface area contributed by atoms with E-state index in [1.54, 1.807) is 0 Å². The standard InChI is InChI=1S/C17H20BrNO.CH5N3O/c1-11-6-5-7-16(19-4)14(11)10-20-17-9-12(2)15(18)8-13(17)3;2-4-3-1-5/h5-9,19H,10H2,1-4H3;1,4H,2H2,(H,3,5). The lowest BCUT2D eigenvalue weighted by Crippen LogP contribution is -2.36. The summed E-state index contributed by atoms with van der Waals surface area (Å²) in [5, 5.41) is 3.22. The summed E-state index contributed by atoms with van der Waals surface area (Å²) in [5.74, 6) is 5.49. The lowest BCUT2D eigenvalue weighted by atomic mass is 10.1. The first kappa shape index (κ1) is 21.0. The van der Waals surface area contributed by atoms with Crippen LogP contribution in [0.15, 0.2) is 34.8 Å². The van der Waals surface area contributed by atoms with Crippen molar-refractivity contribution in [3.8, 4) is 5.75 Å². The quantitative estimate of drug-likeness (QED) is 0.335. The van der Waals surface area contributed by atoms with E-state index in [9.17, 15) is 0 Å². The number of rotatable bonds is 6. The molecule has 25 heavy (non-hydrogen) atoms. The van der Waals surface area contributed by atoms with Crippen molar-refractivity contribution in [3.05, 3.63) is 57.1 Å². The summed E-state index contributed by atoms with van der Waals surface area (Å²) in [4.78, 5) is 9.15. The number of ether oxygens (including phenoxy) is 1. The Hall–Kier alpha value is -2.09. The van der Waals surface area contributed by atoms with Crippen LogP contribution in [-0.2, 0) is 11.4 Å². The molecule has 0 spiro atoms. The van der Waals surface area contributed by atoms with E-state index in [0.29, 0.717) is 13.0 Å². The second kappa shape index (κ2) is 10.7. The summed E-state index contributed by atoms with van der Waals surface area (Å²) in [6.07, 6.45) is 0.444. The van der Waals surface area contributed by atoms with Gasteiger partial charge in [-0.25, -0.2) is 0 Å². The van der Waals surface area contributed by atoms with Gasteiger partial charge < -0.3 is 10.1 Å². The number of halogens is 1. The highest BCUT2D eigenvalue weighted by Crippen LogP contribution is 2.28. The second-order valence-electron chi connectivity index (χ2n) is 5.41. The van der Waals surface area contributed by atoms with Gasteiger partial charge in [0.25, 0.3) is 0 Å². The third-order valence-electron chi connectivity index (χ3n) is 3.65. The Balaban J connectivity index is 0.000000550. The van der Waals surface area contributed by atoms with Crippen LogP contribution in [0.2, 0.25) is 0 Å². The minimum atomic E-state index is 0.444. The molecule has 7 heteroatoms. The summed E-state index contributed by atoms with van der Waals surface area (Å²) >= 11 is 3.55. The zero-order valence-electron chi connectivity index (χ0n) is 14.9. The van der Waals surface area contributed by atoms with Crippen molar-refractivity contribution < 1.29 is 9.53 Å². The predicted molar refractivity (Wildman–Crippen MR) is 105 cm³/mol. The molecule has 0 saturated heterocycles. The highest BCUT2D eigenvalue weighted by molar-refractivity contribution is 9.10. The van der Waals surface area contributed by atoms with Crippen LogP contribution < -0.4 is 26.9 Å². The van der Waals surface area contributed by atoms with Crippen molar-refractivity contribution in [2.24, 2.45) is 5.84 Å². The molecule has 0 radical (unpaired) electrons. The molecule has 0 unspecified atom stereocenters. The van der Waals surface area contributed by atoms with Crippen LogP contribution in [0.5, 0.6) is 5.75 Å². The van der Waals surface area contributed by atoms with Crippen LogP contribution in [0, 0.1) is 20.8 Å². The van der Waals surface area contributed by atoms with Crippen molar-refractivity contribution in [1.82, 2.24) is 11.0 Å². The predicted octanol–water partition coefficient (Wildman–Crippen LogP) is 3.11. The van der Waals surface area contributed by atoms with Gasteiger partial charge in [-0.3, -0.25) is 16.1 Å². The molecule has 1 amide bonds. The van der Waals surface area contributed by atoms with Crippen LogP contribution in [-0.4, -0.2) is 13.5 Å². The number of carbonyl (C=O) groups excluding carboxylic acids is 1. The first-order valence-corrected chi connectivity index (χ1v) is 8.54. The van der Waals surface area contributed by atoms with Crippen LogP contribution in [0.3, 0.4) is 0 Å². The number of amides is 1. The van der Waals surface area contributed by atoms with E-state index >= 15 is 0 Å². The van der Waals surface area contributed by atoms with Crippen molar-refractivity contribution in [2.75, 3.05) is 12.4 Å². The Morgan fingerprint density at radius 1 is 1.16 bits per heavy atom. The van der Waals surface area contributed by atoms with Crippen LogP contribution >= 0.6 is 15.9 Å². The summed E-state index contributed by atoms with van der Waals surface area (Å²) < 4.78 is 7.14. The summed E-state index contributed by atoms with van der Waals surface area (Å²) in [5.41, 5.74) is 9.75. The number of carbonyl (C=O) groups is 1. The van der Waals surface area contributed by atoms with Gasteiger partial charge in [-0.05, 0) is 55.7 Å². The molecule has 136 valence electrons. The number of hydrazine groups is 2. The van der Waals surface area contributed by atoms with Gasteiger partial charge >= 0.3 is 0 Å². The fourth-order valence-electron chi connectivity index (χ4n) is 2.22. The second-order valence-corrected chi connectivity index (χ2v) is 6.27. The van der Waals surface area contributed by atoms with E-state index in [1.165, 1.54) is 16.7 Å². The summed E-state index contributed by atoms with van der Waals surface area (Å²) in [6, 6.07) is 10.4. The third kappa shape index (κ3) is 6.38. The molecule has 0 bridgehead atoms. The highest BCUT2D eigenvalue weighted by Gasteiger charge is 2.08. The van der Waals surface area contributed by atoms with E-state index in [0.717, 1.165) is 21.5 Å². The number of nitrogens with two attached hydrogens (primary N) is 1. The van der Waals surface area contributed by atoms with Crippen molar-refractivity contribution in [2.45, 2.75) is 27.4 Å². The molecule has 0 atom stereocenters. The number of benzene rings is 2. The Kier molecular flexibility index (Phi) is 8.98. The molecule has 0 aliphatic heterocycles. The number of anilines is 1. The fraction of sp³-hybridized carbons (Fsp3) is 0.278. The van der Waals surface area contributed by atoms with E-state index in [4.69, 9.17) is 9.53 Å². The van der Waals surface area contributed by atoms with Crippen molar-refractivity contribution in [1.29, 1.82) is 0 Å². The topological polar surface area (TPSA) is 88.4 Å². The summed E-state index contributed by atoms with van der Waals surface area (Å²) in [7, 11) is 1.94. The first-order valence-electron chi connectivity index (χ1n) is 7.75. The molecule has 2 aromatic carbocycles. The Labute approximate surface area is 157 Å². The molecule has 0 saturated carbocycles. The van der Waals surface area contributed by atoms with Gasteiger partial charge in [0.15, 0.2) is 0 Å². The van der Waals surface area contributed by atoms with Gasteiger partial charge in [0.1, 0.15) is 12.4 Å². The minimum Gasteiger partial charge on any atom is -0.489 e. The van der Waals surface area contributed by atoms with Gasteiger partial charge in [0.2, 0.25) is 6.41 Å². The van der Waals surface area contributed by atoms with Crippen LogP contribution in [0.1, 0.15) is 22.3 Å². The largest absolute Gasteiger partial charge is 0.489 e. The maximum atomic E-state index is 9.15. The molecule has 0 fully saturated rings. The maximum Gasteiger partial charge on any atom is 0.222 e. The van der Waals surface area contributed by atoms with Gasteiger partial charge in [0, 0.05) is 22.8 Å². The molecular weight excluding hydrogens is 384 g/mol. The van der Waals surface area contributed by atoms with Gasteiger partial charge in [-0.15, -0.1) is 0 Å². The van der Waals surface area contributed by atoms with Gasteiger partial charge in [-0.2, -0.15) is 5.53 Å². The van der Waals surface area contributed by atoms with Crippen molar-refractivity contribution in [3.63, 3.8) is 0 Å². The average Bonchev–Trinajstić information content (AvgIpc) is 2.59. The monoisotopic (exact) mass is 408 g/mol. The molecule has 0 heterocycles. The Morgan fingerprint density at radius 3 is 2.44 bits per heavy atom. The lowest BCUT2D eigenvalue weighted by molar-refractivity contribution is -0.110. The molecule has 0 aromatic heterocycles. The van der Waals surface area contributed by atoms with Crippen LogP contribution in [0.25, 0.3) is 0 Å². The molecule has 2 aromatic rings.